The Balaban J connectivity index is 1.50. The quantitative estimate of drug-likeness (QED) is 0.578. The van der Waals surface area contributed by atoms with Crippen LogP contribution in [0.15, 0.2) is 66.7 Å². The van der Waals surface area contributed by atoms with Gasteiger partial charge in [0, 0.05) is 6.54 Å². The van der Waals surface area contributed by atoms with Crippen molar-refractivity contribution in [2.75, 3.05) is 6.54 Å². The zero-order chi connectivity index (χ0) is 19.1. The standard InChI is InChI=1S/C23H24FNO2/c1-2-22(27-21-14-11-18-7-3-4-8-19(18)16-21)23(26)25-15-5-6-17-9-12-20(24)13-10-17/h3-4,7-14,16,22H,2,5-6,15H2,1H3,(H,25,26)/t22-/m0/s1. The van der Waals surface area contributed by atoms with E-state index in [1.165, 1.54) is 12.1 Å². The number of benzene rings is 3. The van der Waals surface area contributed by atoms with Crippen LogP contribution in [0.1, 0.15) is 25.3 Å². The van der Waals surface area contributed by atoms with Crippen molar-refractivity contribution in [1.82, 2.24) is 5.32 Å². The number of hydrogen-bond acceptors (Lipinski definition) is 2. The van der Waals surface area contributed by atoms with E-state index in [0.717, 1.165) is 29.2 Å². The molecule has 0 radical (unpaired) electrons. The molecule has 0 aromatic heterocycles. The number of aryl methyl sites for hydroxylation is 1. The third kappa shape index (κ3) is 5.30. The van der Waals surface area contributed by atoms with Crippen LogP contribution in [-0.4, -0.2) is 18.6 Å². The number of nitrogens with one attached hydrogen (secondary N) is 1. The minimum absolute atomic E-state index is 0.107. The average Bonchev–Trinajstić information content (AvgIpc) is 2.70. The summed E-state index contributed by atoms with van der Waals surface area (Å²) in [7, 11) is 0. The lowest BCUT2D eigenvalue weighted by atomic mass is 10.1. The molecule has 3 aromatic carbocycles. The van der Waals surface area contributed by atoms with Crippen LogP contribution in [0.4, 0.5) is 4.39 Å². The molecule has 0 aliphatic carbocycles. The predicted octanol–water partition coefficient (Wildman–Crippen LogP) is 4.89. The van der Waals surface area contributed by atoms with Crippen LogP contribution in [0.25, 0.3) is 10.8 Å². The van der Waals surface area contributed by atoms with Gasteiger partial charge in [0.1, 0.15) is 11.6 Å². The SMILES string of the molecule is CC[C@H](Oc1ccc2ccccc2c1)C(=O)NCCCc1ccc(F)cc1. The second-order valence-electron chi connectivity index (χ2n) is 6.54. The van der Waals surface area contributed by atoms with Gasteiger partial charge in [-0.2, -0.15) is 0 Å². The van der Waals surface area contributed by atoms with Crippen molar-refractivity contribution in [3.63, 3.8) is 0 Å². The van der Waals surface area contributed by atoms with E-state index in [4.69, 9.17) is 4.74 Å². The first-order valence-electron chi connectivity index (χ1n) is 9.33. The highest BCUT2D eigenvalue weighted by atomic mass is 19.1. The minimum atomic E-state index is -0.517. The van der Waals surface area contributed by atoms with Gasteiger partial charge in [-0.25, -0.2) is 4.39 Å². The van der Waals surface area contributed by atoms with Crippen LogP contribution >= 0.6 is 0 Å². The minimum Gasteiger partial charge on any atom is -0.481 e. The molecule has 0 fully saturated rings. The summed E-state index contributed by atoms with van der Waals surface area (Å²) in [5, 5.41) is 5.16. The fourth-order valence-corrected chi connectivity index (χ4v) is 3.00. The van der Waals surface area contributed by atoms with Crippen molar-refractivity contribution in [2.24, 2.45) is 0 Å². The van der Waals surface area contributed by atoms with Crippen molar-refractivity contribution in [3.8, 4) is 5.75 Å². The highest BCUT2D eigenvalue weighted by Gasteiger charge is 2.17. The lowest BCUT2D eigenvalue weighted by molar-refractivity contribution is -0.128. The Kier molecular flexibility index (Phi) is 6.42. The molecule has 1 atom stereocenters. The second-order valence-corrected chi connectivity index (χ2v) is 6.54. The first-order chi connectivity index (χ1) is 13.2. The second kappa shape index (κ2) is 9.17. The van der Waals surface area contributed by atoms with Crippen LogP contribution in [0, 0.1) is 5.82 Å². The molecule has 4 heteroatoms. The van der Waals surface area contributed by atoms with Crippen molar-refractivity contribution in [2.45, 2.75) is 32.3 Å². The fourth-order valence-electron chi connectivity index (χ4n) is 3.00. The first kappa shape index (κ1) is 18.9. The van der Waals surface area contributed by atoms with E-state index in [-0.39, 0.29) is 11.7 Å². The molecule has 0 spiro atoms. The van der Waals surface area contributed by atoms with Crippen LogP contribution in [0.5, 0.6) is 5.75 Å². The Morgan fingerprint density at radius 2 is 1.78 bits per heavy atom. The number of fused-ring (bicyclic) bond motifs is 1. The van der Waals surface area contributed by atoms with Gasteiger partial charge in [0.15, 0.2) is 6.10 Å². The van der Waals surface area contributed by atoms with E-state index < -0.39 is 6.10 Å². The summed E-state index contributed by atoms with van der Waals surface area (Å²) < 4.78 is 18.8. The molecule has 27 heavy (non-hydrogen) atoms. The molecule has 0 bridgehead atoms. The Bertz CT molecular complexity index is 892. The largest absolute Gasteiger partial charge is 0.481 e. The first-order valence-corrected chi connectivity index (χ1v) is 9.33. The number of halogens is 1. The number of amides is 1. The van der Waals surface area contributed by atoms with E-state index in [9.17, 15) is 9.18 Å². The molecular formula is C23H24FNO2. The van der Waals surface area contributed by atoms with Crippen molar-refractivity contribution in [3.05, 3.63) is 78.1 Å². The van der Waals surface area contributed by atoms with Gasteiger partial charge in [0.25, 0.3) is 5.91 Å². The van der Waals surface area contributed by atoms with Gasteiger partial charge >= 0.3 is 0 Å². The smallest absolute Gasteiger partial charge is 0.261 e. The van der Waals surface area contributed by atoms with Gasteiger partial charge in [-0.05, 0) is 59.9 Å². The zero-order valence-corrected chi connectivity index (χ0v) is 15.5. The van der Waals surface area contributed by atoms with Crippen molar-refractivity contribution >= 4 is 16.7 Å². The fraction of sp³-hybridized carbons (Fsp3) is 0.261. The van der Waals surface area contributed by atoms with E-state index in [1.54, 1.807) is 12.1 Å². The summed E-state index contributed by atoms with van der Waals surface area (Å²) in [6.07, 6.45) is 1.67. The molecular weight excluding hydrogens is 341 g/mol. The molecule has 0 aliphatic heterocycles. The topological polar surface area (TPSA) is 38.3 Å². The normalized spacial score (nSPS) is 11.9. The number of rotatable bonds is 8. The molecule has 0 aliphatic rings. The average molecular weight is 365 g/mol. The Morgan fingerprint density at radius 1 is 1.04 bits per heavy atom. The van der Waals surface area contributed by atoms with Gasteiger partial charge < -0.3 is 10.1 Å². The molecule has 3 aromatic rings. The molecule has 0 saturated heterocycles. The van der Waals surface area contributed by atoms with Crippen molar-refractivity contribution < 1.29 is 13.9 Å². The van der Waals surface area contributed by atoms with Crippen LogP contribution in [0.3, 0.4) is 0 Å². The Labute approximate surface area is 159 Å². The maximum Gasteiger partial charge on any atom is 0.261 e. The van der Waals surface area contributed by atoms with E-state index in [1.807, 2.05) is 49.4 Å². The summed E-state index contributed by atoms with van der Waals surface area (Å²) >= 11 is 0. The summed E-state index contributed by atoms with van der Waals surface area (Å²) in [5.74, 6) is 0.357. The summed E-state index contributed by atoms with van der Waals surface area (Å²) in [6, 6.07) is 20.4. The molecule has 1 N–H and O–H groups in total. The van der Waals surface area contributed by atoms with Crippen molar-refractivity contribution in [1.29, 1.82) is 0 Å². The summed E-state index contributed by atoms with van der Waals surface area (Å²) in [4.78, 5) is 12.4. The Morgan fingerprint density at radius 3 is 2.52 bits per heavy atom. The highest BCUT2D eigenvalue weighted by molar-refractivity contribution is 5.84. The lowest BCUT2D eigenvalue weighted by Crippen LogP contribution is -2.38. The van der Waals surface area contributed by atoms with E-state index >= 15 is 0 Å². The van der Waals surface area contributed by atoms with Gasteiger partial charge in [-0.15, -0.1) is 0 Å². The monoisotopic (exact) mass is 365 g/mol. The third-order valence-electron chi connectivity index (χ3n) is 4.52. The zero-order valence-electron chi connectivity index (χ0n) is 15.5. The maximum atomic E-state index is 12.9. The number of carbonyl (C=O) groups excluding carboxylic acids is 1. The molecule has 140 valence electrons. The molecule has 3 rings (SSSR count). The van der Waals surface area contributed by atoms with E-state index in [2.05, 4.69) is 5.32 Å². The van der Waals surface area contributed by atoms with Crippen LogP contribution in [-0.2, 0) is 11.2 Å². The van der Waals surface area contributed by atoms with Gasteiger partial charge in [-0.3, -0.25) is 4.79 Å². The number of hydrogen-bond donors (Lipinski definition) is 1. The third-order valence-corrected chi connectivity index (χ3v) is 4.52. The molecule has 1 amide bonds. The number of ether oxygens (including phenoxy) is 1. The van der Waals surface area contributed by atoms with Gasteiger partial charge in [0.2, 0.25) is 0 Å². The van der Waals surface area contributed by atoms with Crippen LogP contribution in [0.2, 0.25) is 0 Å². The number of carbonyl (C=O) groups is 1. The highest BCUT2D eigenvalue weighted by Crippen LogP contribution is 2.22. The molecule has 0 heterocycles. The van der Waals surface area contributed by atoms with E-state index in [0.29, 0.717) is 18.7 Å². The molecule has 3 nitrogen and oxygen atoms in total. The van der Waals surface area contributed by atoms with Crippen LogP contribution < -0.4 is 10.1 Å². The molecule has 0 saturated carbocycles. The maximum absolute atomic E-state index is 12.9. The van der Waals surface area contributed by atoms with Gasteiger partial charge in [-0.1, -0.05) is 49.4 Å². The predicted molar refractivity (Wildman–Crippen MR) is 106 cm³/mol. The Hall–Kier alpha value is -2.88. The summed E-state index contributed by atoms with van der Waals surface area (Å²) in [5.41, 5.74) is 1.06. The summed E-state index contributed by atoms with van der Waals surface area (Å²) in [6.45, 7) is 2.50. The molecule has 0 unspecified atom stereocenters. The lowest BCUT2D eigenvalue weighted by Gasteiger charge is -2.17. The van der Waals surface area contributed by atoms with Gasteiger partial charge in [0.05, 0.1) is 0 Å².